The predicted molar refractivity (Wildman–Crippen MR) is 80.9 cm³/mol. The molecule has 0 spiro atoms. The van der Waals surface area contributed by atoms with Crippen molar-refractivity contribution in [2.75, 3.05) is 13.1 Å². The lowest BCUT2D eigenvalue weighted by Gasteiger charge is -2.44. The normalized spacial score (nSPS) is 30.9. The molecule has 116 valence electrons. The quantitative estimate of drug-likeness (QED) is 0.753. The minimum Gasteiger partial charge on any atom is -0.480 e. The Kier molecular flexibility index (Phi) is 5.08. The lowest BCUT2D eigenvalue weighted by molar-refractivity contribution is -0.148. The molecule has 0 radical (unpaired) electrons. The standard InChI is InChI=1S/C16H30N2O2/c1-4-10-17-16(15(19)20,14-8-9-14)11-18-12(2)6-5-7-13(18)3/h12-14,17H,4-11H2,1-3H3,(H,19,20)/t12-,13+,16?. The monoisotopic (exact) mass is 282 g/mol. The van der Waals surface area contributed by atoms with Gasteiger partial charge in [-0.2, -0.15) is 0 Å². The fourth-order valence-corrected chi connectivity index (χ4v) is 3.65. The first-order valence-electron chi connectivity index (χ1n) is 8.25. The molecule has 1 saturated heterocycles. The van der Waals surface area contributed by atoms with Gasteiger partial charge in [0.05, 0.1) is 0 Å². The molecule has 0 aromatic carbocycles. The van der Waals surface area contributed by atoms with Gasteiger partial charge in [0.2, 0.25) is 0 Å². The Morgan fingerprint density at radius 3 is 2.30 bits per heavy atom. The third kappa shape index (κ3) is 3.17. The van der Waals surface area contributed by atoms with Gasteiger partial charge in [-0.15, -0.1) is 0 Å². The van der Waals surface area contributed by atoms with E-state index in [1.807, 2.05) is 0 Å². The molecule has 0 aromatic rings. The molecule has 1 aliphatic carbocycles. The number of hydrogen-bond acceptors (Lipinski definition) is 3. The largest absolute Gasteiger partial charge is 0.480 e. The van der Waals surface area contributed by atoms with Crippen LogP contribution in [0.3, 0.4) is 0 Å². The van der Waals surface area contributed by atoms with Crippen LogP contribution in [0.1, 0.15) is 59.3 Å². The molecule has 1 unspecified atom stereocenters. The van der Waals surface area contributed by atoms with E-state index in [1.165, 1.54) is 19.3 Å². The minimum atomic E-state index is -0.726. The van der Waals surface area contributed by atoms with Crippen LogP contribution in [0.2, 0.25) is 0 Å². The second kappa shape index (κ2) is 6.44. The van der Waals surface area contributed by atoms with Gasteiger partial charge in [0.25, 0.3) is 0 Å². The first-order valence-corrected chi connectivity index (χ1v) is 8.25. The van der Waals surface area contributed by atoms with Crippen molar-refractivity contribution in [3.63, 3.8) is 0 Å². The number of likely N-dealkylation sites (tertiary alicyclic amines) is 1. The first kappa shape index (κ1) is 15.8. The fraction of sp³-hybridized carbons (Fsp3) is 0.938. The van der Waals surface area contributed by atoms with Gasteiger partial charge in [-0.3, -0.25) is 9.69 Å². The molecule has 1 heterocycles. The van der Waals surface area contributed by atoms with Crippen LogP contribution in [0.4, 0.5) is 0 Å². The van der Waals surface area contributed by atoms with Crippen molar-refractivity contribution < 1.29 is 9.90 Å². The van der Waals surface area contributed by atoms with E-state index >= 15 is 0 Å². The van der Waals surface area contributed by atoms with Crippen LogP contribution < -0.4 is 5.32 Å². The van der Waals surface area contributed by atoms with Gasteiger partial charge in [-0.25, -0.2) is 0 Å². The zero-order chi connectivity index (χ0) is 14.8. The summed E-state index contributed by atoms with van der Waals surface area (Å²) in [6, 6.07) is 0.999. The van der Waals surface area contributed by atoms with Gasteiger partial charge < -0.3 is 10.4 Å². The van der Waals surface area contributed by atoms with Gasteiger partial charge in [-0.05, 0) is 58.4 Å². The topological polar surface area (TPSA) is 52.6 Å². The minimum absolute atomic E-state index is 0.313. The molecule has 0 bridgehead atoms. The van der Waals surface area contributed by atoms with Gasteiger partial charge in [0.1, 0.15) is 5.54 Å². The average molecular weight is 282 g/mol. The SMILES string of the molecule is CCCNC(CN1[C@H](C)CCC[C@@H]1C)(C(=O)O)C1CC1. The van der Waals surface area contributed by atoms with E-state index in [4.69, 9.17) is 0 Å². The number of carboxylic acid groups (broad SMARTS) is 1. The summed E-state index contributed by atoms with van der Waals surface area (Å²) in [5.74, 6) is -0.341. The number of nitrogens with one attached hydrogen (secondary N) is 1. The molecule has 1 saturated carbocycles. The van der Waals surface area contributed by atoms with E-state index in [1.54, 1.807) is 0 Å². The number of carboxylic acids is 1. The summed E-state index contributed by atoms with van der Waals surface area (Å²) in [7, 11) is 0. The lowest BCUT2D eigenvalue weighted by Crippen LogP contribution is -2.63. The Labute approximate surface area is 122 Å². The summed E-state index contributed by atoms with van der Waals surface area (Å²) in [6.07, 6.45) is 6.74. The number of hydrogen-bond donors (Lipinski definition) is 2. The van der Waals surface area contributed by atoms with E-state index in [2.05, 4.69) is 31.0 Å². The van der Waals surface area contributed by atoms with Crippen LogP contribution in [0, 0.1) is 5.92 Å². The molecule has 20 heavy (non-hydrogen) atoms. The van der Waals surface area contributed by atoms with E-state index < -0.39 is 11.5 Å². The van der Waals surface area contributed by atoms with Crippen LogP contribution in [0.25, 0.3) is 0 Å². The number of carbonyl (C=O) groups is 1. The summed E-state index contributed by atoms with van der Waals surface area (Å²) in [4.78, 5) is 14.4. The molecule has 2 N–H and O–H groups in total. The van der Waals surface area contributed by atoms with Crippen LogP contribution >= 0.6 is 0 Å². The molecule has 1 aliphatic heterocycles. The maximum atomic E-state index is 12.0. The van der Waals surface area contributed by atoms with Crippen LogP contribution in [0.15, 0.2) is 0 Å². The van der Waals surface area contributed by atoms with Gasteiger partial charge in [0.15, 0.2) is 0 Å². The summed E-state index contributed by atoms with van der Waals surface area (Å²) < 4.78 is 0. The molecule has 4 heteroatoms. The Bertz CT molecular complexity index is 333. The lowest BCUT2D eigenvalue weighted by atomic mass is 9.88. The fourth-order valence-electron chi connectivity index (χ4n) is 3.65. The molecule has 2 rings (SSSR count). The molecule has 0 amide bonds. The highest BCUT2D eigenvalue weighted by Gasteiger charge is 2.52. The van der Waals surface area contributed by atoms with Crippen molar-refractivity contribution in [1.29, 1.82) is 0 Å². The van der Waals surface area contributed by atoms with Crippen LogP contribution in [0.5, 0.6) is 0 Å². The number of aliphatic carboxylic acids is 1. The highest BCUT2D eigenvalue weighted by Crippen LogP contribution is 2.41. The van der Waals surface area contributed by atoms with Gasteiger partial charge in [0, 0.05) is 18.6 Å². The Hall–Kier alpha value is -0.610. The van der Waals surface area contributed by atoms with Gasteiger partial charge >= 0.3 is 5.97 Å². The summed E-state index contributed by atoms with van der Waals surface area (Å²) >= 11 is 0. The molecular weight excluding hydrogens is 252 g/mol. The second-order valence-electron chi connectivity index (χ2n) is 6.78. The first-order chi connectivity index (χ1) is 9.51. The highest BCUT2D eigenvalue weighted by atomic mass is 16.4. The Morgan fingerprint density at radius 2 is 1.85 bits per heavy atom. The molecule has 0 aromatic heterocycles. The third-order valence-electron chi connectivity index (χ3n) is 5.15. The van der Waals surface area contributed by atoms with Crippen molar-refractivity contribution in [3.05, 3.63) is 0 Å². The number of piperidine rings is 1. The Balaban J connectivity index is 2.15. The smallest absolute Gasteiger partial charge is 0.325 e. The average Bonchev–Trinajstić information content (AvgIpc) is 3.22. The number of nitrogens with zero attached hydrogens (tertiary/aromatic N) is 1. The maximum absolute atomic E-state index is 12.0. The molecule has 2 fully saturated rings. The van der Waals surface area contributed by atoms with Crippen LogP contribution in [-0.2, 0) is 4.79 Å². The van der Waals surface area contributed by atoms with Crippen molar-refractivity contribution in [1.82, 2.24) is 10.2 Å². The van der Waals surface area contributed by atoms with E-state index in [0.29, 0.717) is 24.5 Å². The third-order valence-corrected chi connectivity index (χ3v) is 5.15. The van der Waals surface area contributed by atoms with E-state index in [9.17, 15) is 9.90 Å². The maximum Gasteiger partial charge on any atom is 0.325 e. The van der Waals surface area contributed by atoms with E-state index in [-0.39, 0.29) is 0 Å². The van der Waals surface area contributed by atoms with Crippen molar-refractivity contribution in [2.45, 2.75) is 76.9 Å². The summed E-state index contributed by atoms with van der Waals surface area (Å²) in [6.45, 7) is 8.04. The number of rotatable bonds is 7. The summed E-state index contributed by atoms with van der Waals surface area (Å²) in [5.41, 5.74) is -0.726. The zero-order valence-corrected chi connectivity index (χ0v) is 13.2. The van der Waals surface area contributed by atoms with Crippen molar-refractivity contribution in [2.24, 2.45) is 5.92 Å². The molecule has 2 aliphatic rings. The zero-order valence-electron chi connectivity index (χ0n) is 13.2. The van der Waals surface area contributed by atoms with Crippen LogP contribution in [-0.4, -0.2) is 46.7 Å². The molecule has 4 nitrogen and oxygen atoms in total. The molecular formula is C16H30N2O2. The van der Waals surface area contributed by atoms with E-state index in [0.717, 1.165) is 25.8 Å². The van der Waals surface area contributed by atoms with Gasteiger partial charge in [-0.1, -0.05) is 13.3 Å². The second-order valence-corrected chi connectivity index (χ2v) is 6.78. The van der Waals surface area contributed by atoms with Crippen molar-refractivity contribution in [3.8, 4) is 0 Å². The Morgan fingerprint density at radius 1 is 1.25 bits per heavy atom. The van der Waals surface area contributed by atoms with Crippen molar-refractivity contribution >= 4 is 5.97 Å². The predicted octanol–water partition coefficient (Wildman–Crippen LogP) is 2.48. The molecule has 3 atom stereocenters. The summed E-state index contributed by atoms with van der Waals surface area (Å²) in [5, 5.41) is 13.3. The highest BCUT2D eigenvalue weighted by molar-refractivity contribution is 5.80.